The summed E-state index contributed by atoms with van der Waals surface area (Å²) in [6.07, 6.45) is 4.27. The third-order valence-electron chi connectivity index (χ3n) is 3.10. The van der Waals surface area contributed by atoms with Crippen molar-refractivity contribution in [2.45, 2.75) is 11.4 Å². The minimum atomic E-state index is -3.73. The minimum Gasteiger partial charge on any atom is -0.274 e. The highest BCUT2D eigenvalue weighted by Gasteiger charge is 2.17. The maximum atomic E-state index is 13.2. The Morgan fingerprint density at radius 1 is 1.30 bits per heavy atom. The molecule has 3 aromatic rings. The predicted molar refractivity (Wildman–Crippen MR) is 81.7 cm³/mol. The molecule has 0 aliphatic carbocycles. The Hall–Kier alpha value is -2.68. The molecule has 9 heteroatoms. The van der Waals surface area contributed by atoms with E-state index in [0.29, 0.717) is 6.54 Å². The van der Waals surface area contributed by atoms with Crippen LogP contribution in [0.1, 0.15) is 5.56 Å². The maximum Gasteiger partial charge on any atom is 0.266 e. The molecule has 0 radical (unpaired) electrons. The van der Waals surface area contributed by atoms with E-state index in [9.17, 15) is 12.8 Å². The van der Waals surface area contributed by atoms with E-state index in [2.05, 4.69) is 14.9 Å². The van der Waals surface area contributed by atoms with Gasteiger partial charge in [-0.2, -0.15) is 10.2 Å². The van der Waals surface area contributed by atoms with Gasteiger partial charge in [0.05, 0.1) is 12.7 Å². The van der Waals surface area contributed by atoms with Crippen molar-refractivity contribution in [3.8, 4) is 0 Å². The van der Waals surface area contributed by atoms with Crippen molar-refractivity contribution in [3.05, 3.63) is 60.3 Å². The first kappa shape index (κ1) is 15.2. The molecule has 120 valence electrons. The lowest BCUT2D eigenvalue weighted by atomic mass is 10.2. The number of rotatable bonds is 5. The van der Waals surface area contributed by atoms with Gasteiger partial charge in [0.1, 0.15) is 10.7 Å². The van der Waals surface area contributed by atoms with Crippen LogP contribution in [-0.4, -0.2) is 28.0 Å². The molecule has 3 rings (SSSR count). The predicted octanol–water partition coefficient (Wildman–Crippen LogP) is 1.60. The SMILES string of the molecule is Cn1cc(S(=O)(=O)Nc2ccn(Cc3cccc(F)c3)n2)cn1. The summed E-state index contributed by atoms with van der Waals surface area (Å²) in [6.45, 7) is 0.340. The van der Waals surface area contributed by atoms with Gasteiger partial charge in [-0.3, -0.25) is 14.1 Å². The summed E-state index contributed by atoms with van der Waals surface area (Å²) in [5.74, 6) is -0.141. The van der Waals surface area contributed by atoms with Crippen LogP contribution in [0, 0.1) is 5.82 Å². The van der Waals surface area contributed by atoms with E-state index in [-0.39, 0.29) is 16.5 Å². The first-order valence-corrected chi connectivity index (χ1v) is 8.20. The lowest BCUT2D eigenvalue weighted by Crippen LogP contribution is -2.13. The van der Waals surface area contributed by atoms with Crippen molar-refractivity contribution < 1.29 is 12.8 Å². The third-order valence-corrected chi connectivity index (χ3v) is 4.41. The van der Waals surface area contributed by atoms with E-state index in [1.54, 1.807) is 25.4 Å². The van der Waals surface area contributed by atoms with Crippen molar-refractivity contribution >= 4 is 15.8 Å². The Balaban J connectivity index is 1.74. The second kappa shape index (κ2) is 5.84. The molecule has 0 saturated heterocycles. The Morgan fingerprint density at radius 3 is 2.83 bits per heavy atom. The summed E-state index contributed by atoms with van der Waals surface area (Å²) in [6, 6.07) is 7.68. The summed E-state index contributed by atoms with van der Waals surface area (Å²) < 4.78 is 42.8. The fourth-order valence-electron chi connectivity index (χ4n) is 2.06. The maximum absolute atomic E-state index is 13.2. The van der Waals surface area contributed by atoms with Crippen LogP contribution in [0.4, 0.5) is 10.2 Å². The van der Waals surface area contributed by atoms with Crippen LogP contribution in [0.5, 0.6) is 0 Å². The number of aryl methyl sites for hydroxylation is 1. The molecule has 0 aliphatic rings. The fourth-order valence-corrected chi connectivity index (χ4v) is 3.04. The van der Waals surface area contributed by atoms with Gasteiger partial charge in [-0.15, -0.1) is 0 Å². The summed E-state index contributed by atoms with van der Waals surface area (Å²) >= 11 is 0. The van der Waals surface area contributed by atoms with E-state index in [0.717, 1.165) is 5.56 Å². The molecule has 7 nitrogen and oxygen atoms in total. The number of aromatic nitrogens is 4. The molecule has 2 aromatic heterocycles. The van der Waals surface area contributed by atoms with Crippen molar-refractivity contribution in [1.29, 1.82) is 0 Å². The number of halogens is 1. The molecule has 0 fully saturated rings. The molecule has 0 bridgehead atoms. The van der Waals surface area contributed by atoms with Crippen LogP contribution in [0.15, 0.2) is 53.8 Å². The van der Waals surface area contributed by atoms with Gasteiger partial charge in [-0.05, 0) is 17.7 Å². The van der Waals surface area contributed by atoms with Gasteiger partial charge in [-0.25, -0.2) is 12.8 Å². The zero-order chi connectivity index (χ0) is 16.4. The second-order valence-electron chi connectivity index (χ2n) is 4.98. The highest BCUT2D eigenvalue weighted by atomic mass is 32.2. The van der Waals surface area contributed by atoms with Crippen molar-refractivity contribution in [2.75, 3.05) is 4.72 Å². The standard InChI is InChI=1S/C14H14FN5O2S/c1-19-10-13(8-16-19)23(21,22)18-14-5-6-20(17-14)9-11-3-2-4-12(15)7-11/h2-8,10H,9H2,1H3,(H,17,18). The summed E-state index contributed by atoms with van der Waals surface area (Å²) in [7, 11) is -2.10. The van der Waals surface area contributed by atoms with E-state index >= 15 is 0 Å². The highest BCUT2D eigenvalue weighted by Crippen LogP contribution is 2.14. The number of benzene rings is 1. The summed E-state index contributed by atoms with van der Waals surface area (Å²) in [5.41, 5.74) is 0.731. The Morgan fingerprint density at radius 2 is 2.13 bits per heavy atom. The smallest absolute Gasteiger partial charge is 0.266 e. The summed E-state index contributed by atoms with van der Waals surface area (Å²) in [5, 5.41) is 7.96. The second-order valence-corrected chi connectivity index (χ2v) is 6.67. The molecule has 0 atom stereocenters. The average Bonchev–Trinajstić information content (AvgIpc) is 3.08. The molecule has 2 heterocycles. The van der Waals surface area contributed by atoms with E-state index < -0.39 is 10.0 Å². The first-order valence-electron chi connectivity index (χ1n) is 6.72. The first-order chi connectivity index (χ1) is 10.9. The normalized spacial score (nSPS) is 11.6. The number of hydrogen-bond donors (Lipinski definition) is 1. The van der Waals surface area contributed by atoms with Crippen molar-refractivity contribution in [2.24, 2.45) is 7.05 Å². The number of nitrogens with one attached hydrogen (secondary N) is 1. The summed E-state index contributed by atoms with van der Waals surface area (Å²) in [4.78, 5) is 0.0553. The number of sulfonamides is 1. The number of anilines is 1. The molecule has 0 spiro atoms. The van der Waals surface area contributed by atoms with E-state index in [1.807, 2.05) is 0 Å². The monoisotopic (exact) mass is 335 g/mol. The van der Waals surface area contributed by atoms with Gasteiger partial charge < -0.3 is 0 Å². The van der Waals surface area contributed by atoms with Crippen LogP contribution in [0.25, 0.3) is 0 Å². The third kappa shape index (κ3) is 3.57. The molecule has 0 saturated carbocycles. The Bertz CT molecular complexity index is 932. The Kier molecular flexibility index (Phi) is 3.87. The van der Waals surface area contributed by atoms with E-state index in [4.69, 9.17) is 0 Å². The van der Waals surface area contributed by atoms with Crippen LogP contribution in [0.3, 0.4) is 0 Å². The molecule has 23 heavy (non-hydrogen) atoms. The molecular formula is C14H14FN5O2S. The zero-order valence-electron chi connectivity index (χ0n) is 12.2. The largest absolute Gasteiger partial charge is 0.274 e. The molecule has 0 unspecified atom stereocenters. The molecule has 0 aliphatic heterocycles. The van der Waals surface area contributed by atoms with Gasteiger partial charge in [0.15, 0.2) is 5.82 Å². The quantitative estimate of drug-likeness (QED) is 0.768. The zero-order valence-corrected chi connectivity index (χ0v) is 13.0. The van der Waals surface area contributed by atoms with Crippen LogP contribution < -0.4 is 4.72 Å². The van der Waals surface area contributed by atoms with Gasteiger partial charge in [0.2, 0.25) is 0 Å². The highest BCUT2D eigenvalue weighted by molar-refractivity contribution is 7.92. The van der Waals surface area contributed by atoms with Crippen LogP contribution >= 0.6 is 0 Å². The Labute approximate surface area is 132 Å². The molecular weight excluding hydrogens is 321 g/mol. The molecule has 1 N–H and O–H groups in total. The average molecular weight is 335 g/mol. The van der Waals surface area contributed by atoms with Gasteiger partial charge in [0.25, 0.3) is 10.0 Å². The lowest BCUT2D eigenvalue weighted by molar-refractivity contribution is 0.600. The fraction of sp³-hybridized carbons (Fsp3) is 0.143. The molecule has 1 aromatic carbocycles. The van der Waals surface area contributed by atoms with Crippen molar-refractivity contribution in [3.63, 3.8) is 0 Å². The van der Waals surface area contributed by atoms with E-state index in [1.165, 1.54) is 40.0 Å². The van der Waals surface area contributed by atoms with Crippen LogP contribution in [-0.2, 0) is 23.6 Å². The van der Waals surface area contributed by atoms with Crippen LogP contribution in [0.2, 0.25) is 0 Å². The number of nitrogens with zero attached hydrogens (tertiary/aromatic N) is 4. The number of hydrogen-bond acceptors (Lipinski definition) is 4. The lowest BCUT2D eigenvalue weighted by Gasteiger charge is -2.03. The van der Waals surface area contributed by atoms with Gasteiger partial charge in [-0.1, -0.05) is 12.1 Å². The van der Waals surface area contributed by atoms with Crippen molar-refractivity contribution in [1.82, 2.24) is 19.6 Å². The topological polar surface area (TPSA) is 81.8 Å². The minimum absolute atomic E-state index is 0.0553. The van der Waals surface area contributed by atoms with Gasteiger partial charge >= 0.3 is 0 Å². The molecule has 0 amide bonds. The van der Waals surface area contributed by atoms with Gasteiger partial charge in [0, 0.05) is 25.5 Å².